The zero-order valence-electron chi connectivity index (χ0n) is 11.5. The van der Waals surface area contributed by atoms with Crippen molar-refractivity contribution in [2.45, 2.75) is 37.3 Å². The van der Waals surface area contributed by atoms with E-state index in [1.165, 1.54) is 11.3 Å². The largest absolute Gasteiger partial charge is 0.252 e. The standard InChI is InChI=1S/C13H20ClNO2S2/c1-9(2)11-4-5-15(8-11)19(16,17)13-6-10(3)12(7-14)18-13/h6,9,11H,4-5,7-8H2,1-3H3. The summed E-state index contributed by atoms with van der Waals surface area (Å²) in [7, 11) is -3.32. The van der Waals surface area contributed by atoms with Gasteiger partial charge in [0, 0.05) is 18.0 Å². The number of thiophene rings is 1. The van der Waals surface area contributed by atoms with Crippen LogP contribution in [0.2, 0.25) is 0 Å². The van der Waals surface area contributed by atoms with Crippen molar-refractivity contribution < 1.29 is 8.42 Å². The number of sulfonamides is 1. The SMILES string of the molecule is Cc1cc(S(=O)(=O)N2CCC(C(C)C)C2)sc1CCl. The van der Waals surface area contributed by atoms with E-state index in [0.717, 1.165) is 16.9 Å². The molecule has 6 heteroatoms. The Hall–Kier alpha value is -0.100. The molecule has 2 rings (SSSR count). The van der Waals surface area contributed by atoms with E-state index in [2.05, 4.69) is 13.8 Å². The molecule has 0 spiro atoms. The fourth-order valence-electron chi connectivity index (χ4n) is 2.39. The van der Waals surface area contributed by atoms with E-state index in [9.17, 15) is 8.42 Å². The molecule has 19 heavy (non-hydrogen) atoms. The minimum absolute atomic E-state index is 0.376. The number of hydrogen-bond donors (Lipinski definition) is 0. The third-order valence-electron chi connectivity index (χ3n) is 3.84. The molecule has 3 nitrogen and oxygen atoms in total. The number of rotatable bonds is 4. The van der Waals surface area contributed by atoms with Gasteiger partial charge in [0.25, 0.3) is 10.0 Å². The van der Waals surface area contributed by atoms with Crippen LogP contribution in [0.25, 0.3) is 0 Å². The molecule has 0 radical (unpaired) electrons. The first kappa shape index (κ1) is 15.3. The van der Waals surface area contributed by atoms with Gasteiger partial charge in [0.1, 0.15) is 4.21 Å². The molecule has 0 amide bonds. The van der Waals surface area contributed by atoms with Crippen LogP contribution in [0, 0.1) is 18.8 Å². The first-order valence-corrected chi connectivity index (χ1v) is 9.30. The fraction of sp³-hybridized carbons (Fsp3) is 0.692. The average molecular weight is 322 g/mol. The lowest BCUT2D eigenvalue weighted by atomic mass is 9.96. The van der Waals surface area contributed by atoms with Gasteiger partial charge in [0.2, 0.25) is 0 Å². The van der Waals surface area contributed by atoms with Crippen molar-refractivity contribution in [3.05, 3.63) is 16.5 Å². The average Bonchev–Trinajstić information content (AvgIpc) is 2.95. The molecule has 1 saturated heterocycles. The predicted molar refractivity (Wildman–Crippen MR) is 80.3 cm³/mol. The van der Waals surface area contributed by atoms with Crippen LogP contribution in [0.5, 0.6) is 0 Å². The van der Waals surface area contributed by atoms with Gasteiger partial charge in [0.05, 0.1) is 5.88 Å². The van der Waals surface area contributed by atoms with Crippen molar-refractivity contribution in [3.8, 4) is 0 Å². The summed E-state index contributed by atoms with van der Waals surface area (Å²) < 4.78 is 27.2. The lowest BCUT2D eigenvalue weighted by molar-refractivity contribution is 0.389. The summed E-state index contributed by atoms with van der Waals surface area (Å²) >= 11 is 7.12. The maximum atomic E-state index is 12.6. The first-order chi connectivity index (χ1) is 8.86. The molecular weight excluding hydrogens is 302 g/mol. The van der Waals surface area contributed by atoms with Crippen LogP contribution in [0.3, 0.4) is 0 Å². The highest BCUT2D eigenvalue weighted by molar-refractivity contribution is 7.91. The molecular formula is C13H20ClNO2S2. The van der Waals surface area contributed by atoms with Gasteiger partial charge in [0.15, 0.2) is 0 Å². The lowest BCUT2D eigenvalue weighted by Gasteiger charge is -2.17. The monoisotopic (exact) mass is 321 g/mol. The summed E-state index contributed by atoms with van der Waals surface area (Å²) in [6.45, 7) is 7.50. The Bertz CT molecular complexity index is 551. The van der Waals surface area contributed by atoms with E-state index in [1.807, 2.05) is 6.92 Å². The van der Waals surface area contributed by atoms with Crippen molar-refractivity contribution in [2.24, 2.45) is 11.8 Å². The highest BCUT2D eigenvalue weighted by Crippen LogP contribution is 2.33. The summed E-state index contributed by atoms with van der Waals surface area (Å²) in [6.07, 6.45) is 0.962. The molecule has 1 aliphatic rings. The maximum absolute atomic E-state index is 12.6. The summed E-state index contributed by atoms with van der Waals surface area (Å²) in [5.74, 6) is 1.38. The van der Waals surface area contributed by atoms with Gasteiger partial charge >= 0.3 is 0 Å². The van der Waals surface area contributed by atoms with Gasteiger partial charge in [-0.3, -0.25) is 0 Å². The molecule has 1 fully saturated rings. The Morgan fingerprint density at radius 1 is 1.53 bits per heavy atom. The normalized spacial score (nSPS) is 21.4. The van der Waals surface area contributed by atoms with Crippen molar-refractivity contribution in [3.63, 3.8) is 0 Å². The van der Waals surface area contributed by atoms with E-state index < -0.39 is 10.0 Å². The highest BCUT2D eigenvalue weighted by atomic mass is 35.5. The van der Waals surface area contributed by atoms with Gasteiger partial charge in [-0.2, -0.15) is 4.31 Å². The van der Waals surface area contributed by atoms with Crippen LogP contribution in [0.1, 0.15) is 30.7 Å². The summed E-state index contributed by atoms with van der Waals surface area (Å²) in [5, 5.41) is 0. The Morgan fingerprint density at radius 3 is 2.68 bits per heavy atom. The molecule has 2 heterocycles. The van der Waals surface area contributed by atoms with Gasteiger partial charge in [-0.25, -0.2) is 8.42 Å². The Morgan fingerprint density at radius 2 is 2.21 bits per heavy atom. The van der Waals surface area contributed by atoms with Gasteiger partial charge in [-0.1, -0.05) is 13.8 Å². The summed E-state index contributed by atoms with van der Waals surface area (Å²) in [5.41, 5.74) is 0.971. The van der Waals surface area contributed by atoms with Crippen molar-refractivity contribution in [1.82, 2.24) is 4.31 Å². The molecule has 0 saturated carbocycles. The molecule has 0 aliphatic carbocycles. The molecule has 108 valence electrons. The van der Waals surface area contributed by atoms with Crippen LogP contribution in [0.4, 0.5) is 0 Å². The van der Waals surface area contributed by atoms with Crippen molar-refractivity contribution in [1.29, 1.82) is 0 Å². The van der Waals surface area contributed by atoms with E-state index in [-0.39, 0.29) is 0 Å². The molecule has 1 aromatic rings. The molecule has 1 aliphatic heterocycles. The fourth-order valence-corrected chi connectivity index (χ4v) is 5.87. The second-order valence-corrected chi connectivity index (χ2v) is 9.03. The first-order valence-electron chi connectivity index (χ1n) is 6.51. The van der Waals surface area contributed by atoms with Crippen LogP contribution in [-0.2, 0) is 15.9 Å². The van der Waals surface area contributed by atoms with Gasteiger partial charge in [-0.15, -0.1) is 22.9 Å². The minimum Gasteiger partial charge on any atom is -0.206 e. The van der Waals surface area contributed by atoms with Crippen LogP contribution in [0.15, 0.2) is 10.3 Å². The number of nitrogens with zero attached hydrogens (tertiary/aromatic N) is 1. The predicted octanol–water partition coefficient (Wildman–Crippen LogP) is 3.46. The Kier molecular flexibility index (Phi) is 4.60. The molecule has 0 bridgehead atoms. The summed E-state index contributed by atoms with van der Waals surface area (Å²) in [4.78, 5) is 0.944. The zero-order valence-corrected chi connectivity index (χ0v) is 13.9. The third kappa shape index (κ3) is 2.99. The topological polar surface area (TPSA) is 37.4 Å². The quantitative estimate of drug-likeness (QED) is 0.796. The second kappa shape index (κ2) is 5.72. The van der Waals surface area contributed by atoms with E-state index >= 15 is 0 Å². The smallest absolute Gasteiger partial charge is 0.206 e. The molecule has 1 atom stereocenters. The highest BCUT2D eigenvalue weighted by Gasteiger charge is 2.34. The van der Waals surface area contributed by atoms with Crippen molar-refractivity contribution in [2.75, 3.05) is 13.1 Å². The Labute approximate surface area is 124 Å². The second-order valence-electron chi connectivity index (χ2n) is 5.46. The molecule has 1 unspecified atom stereocenters. The van der Waals surface area contributed by atoms with Gasteiger partial charge < -0.3 is 0 Å². The minimum atomic E-state index is -3.32. The zero-order chi connectivity index (χ0) is 14.2. The lowest BCUT2D eigenvalue weighted by Crippen LogP contribution is -2.28. The number of hydrogen-bond acceptors (Lipinski definition) is 3. The number of aryl methyl sites for hydroxylation is 1. The Balaban J connectivity index is 2.23. The van der Waals surface area contributed by atoms with Crippen LogP contribution in [-0.4, -0.2) is 25.8 Å². The van der Waals surface area contributed by atoms with Gasteiger partial charge in [-0.05, 0) is 36.8 Å². The number of halogens is 1. The summed E-state index contributed by atoms with van der Waals surface area (Å²) in [6, 6.07) is 1.75. The molecule has 0 aromatic carbocycles. The maximum Gasteiger partial charge on any atom is 0.252 e. The van der Waals surface area contributed by atoms with Crippen LogP contribution >= 0.6 is 22.9 Å². The van der Waals surface area contributed by atoms with E-state index in [0.29, 0.717) is 35.0 Å². The van der Waals surface area contributed by atoms with Crippen LogP contribution < -0.4 is 0 Å². The van der Waals surface area contributed by atoms with E-state index in [4.69, 9.17) is 11.6 Å². The molecule has 0 N–H and O–H groups in total. The van der Waals surface area contributed by atoms with E-state index in [1.54, 1.807) is 10.4 Å². The molecule has 1 aromatic heterocycles. The number of alkyl halides is 1. The third-order valence-corrected chi connectivity index (χ3v) is 7.82. The van der Waals surface area contributed by atoms with Crippen molar-refractivity contribution >= 4 is 33.0 Å².